The minimum atomic E-state index is -1.12. The quantitative estimate of drug-likeness (QED) is 0.399. The van der Waals surface area contributed by atoms with Crippen LogP contribution in [0.5, 0.6) is 0 Å². The highest BCUT2D eigenvalue weighted by Crippen LogP contribution is 2.28. The van der Waals surface area contributed by atoms with Gasteiger partial charge in [0.1, 0.15) is 12.1 Å². The molecule has 2 atom stereocenters. The Hall–Kier alpha value is -2.49. The predicted molar refractivity (Wildman–Crippen MR) is 94.8 cm³/mol. The Kier molecular flexibility index (Phi) is 5.73. The highest BCUT2D eigenvalue weighted by molar-refractivity contribution is 7.71. The van der Waals surface area contributed by atoms with Gasteiger partial charge in [-0.05, 0) is 37.2 Å². The van der Waals surface area contributed by atoms with Crippen LogP contribution >= 0.6 is 12.2 Å². The highest BCUT2D eigenvalue weighted by atomic mass is 32.1. The lowest BCUT2D eigenvalue weighted by molar-refractivity contribution is -0.139. The summed E-state index contributed by atoms with van der Waals surface area (Å²) in [6, 6.07) is 3.40. The van der Waals surface area contributed by atoms with Gasteiger partial charge in [0.25, 0.3) is 0 Å². The van der Waals surface area contributed by atoms with Gasteiger partial charge in [0, 0.05) is 17.7 Å². The van der Waals surface area contributed by atoms with Crippen molar-refractivity contribution in [2.45, 2.75) is 31.8 Å². The van der Waals surface area contributed by atoms with Crippen LogP contribution in [0.3, 0.4) is 0 Å². The van der Waals surface area contributed by atoms with Gasteiger partial charge in [-0.25, -0.2) is 0 Å². The molecule has 1 heterocycles. The summed E-state index contributed by atoms with van der Waals surface area (Å²) in [7, 11) is 0. The number of hydrogen-bond acceptors (Lipinski definition) is 5. The molecule has 1 aromatic carbocycles. The number of aliphatic carboxylic acids is 2. The van der Waals surface area contributed by atoms with Crippen LogP contribution in [-0.2, 0) is 22.4 Å². The van der Waals surface area contributed by atoms with E-state index in [9.17, 15) is 9.59 Å². The molecule has 1 aromatic heterocycles. The van der Waals surface area contributed by atoms with Crippen molar-refractivity contribution in [3.8, 4) is 11.3 Å². The summed E-state index contributed by atoms with van der Waals surface area (Å²) in [5, 5.41) is 18.1. The third kappa shape index (κ3) is 4.53. The van der Waals surface area contributed by atoms with Crippen LogP contribution in [-0.4, -0.2) is 44.2 Å². The molecule has 0 aliphatic heterocycles. The van der Waals surface area contributed by atoms with Crippen molar-refractivity contribution in [2.24, 2.45) is 11.5 Å². The molecule has 2 rings (SSSR count). The van der Waals surface area contributed by atoms with Gasteiger partial charge < -0.3 is 31.6 Å². The van der Waals surface area contributed by atoms with E-state index in [2.05, 4.69) is 9.97 Å². The lowest BCUT2D eigenvalue weighted by Crippen LogP contribution is -2.33. The molecule has 134 valence electrons. The van der Waals surface area contributed by atoms with Gasteiger partial charge >= 0.3 is 11.9 Å². The number of aromatic nitrogens is 2. The molecule has 0 saturated heterocycles. The monoisotopic (exact) mass is 364 g/mol. The van der Waals surface area contributed by atoms with Gasteiger partial charge in [0.05, 0.1) is 5.69 Å². The summed E-state index contributed by atoms with van der Waals surface area (Å²) in [6.45, 7) is 1.90. The molecule has 0 saturated carbocycles. The van der Waals surface area contributed by atoms with Gasteiger partial charge in [-0.3, -0.25) is 9.59 Å². The number of rotatable bonds is 7. The Morgan fingerprint density at radius 1 is 1.12 bits per heavy atom. The molecule has 8 N–H and O–H groups in total. The van der Waals surface area contributed by atoms with E-state index in [0.29, 0.717) is 16.2 Å². The maximum absolute atomic E-state index is 11.1. The standard InChI is InChI=1S/C16H20N4O4S/c1-7-2-3-8(5-10(17)14(21)22)9(4-7)13-12(19-16(25)20-13)6-11(18)15(23)24/h2-4,10-11H,5-6,17-18H2,1H3,(H,21,22)(H,23,24)(H2,19,20,25)/t10-,11-/m0/s1. The van der Waals surface area contributed by atoms with E-state index in [4.69, 9.17) is 33.9 Å². The van der Waals surface area contributed by atoms with Gasteiger partial charge in [-0.1, -0.05) is 17.7 Å². The number of carboxylic acid groups (broad SMARTS) is 2. The number of aromatic amines is 2. The average molecular weight is 364 g/mol. The van der Waals surface area contributed by atoms with E-state index >= 15 is 0 Å². The number of hydrogen-bond donors (Lipinski definition) is 6. The Bertz CT molecular complexity index is 858. The smallest absolute Gasteiger partial charge is 0.320 e. The van der Waals surface area contributed by atoms with Crippen LogP contribution in [0.15, 0.2) is 18.2 Å². The number of H-pyrrole nitrogens is 2. The first-order valence-corrected chi connectivity index (χ1v) is 7.97. The zero-order valence-electron chi connectivity index (χ0n) is 13.6. The highest BCUT2D eigenvalue weighted by Gasteiger charge is 2.21. The van der Waals surface area contributed by atoms with Crippen LogP contribution in [0, 0.1) is 11.7 Å². The van der Waals surface area contributed by atoms with E-state index in [1.165, 1.54) is 0 Å². The molecule has 0 unspecified atom stereocenters. The summed E-state index contributed by atoms with van der Waals surface area (Å²) in [5.74, 6) is -2.22. The molecule has 2 aromatic rings. The minimum Gasteiger partial charge on any atom is -0.480 e. The molecule has 0 bridgehead atoms. The molecule has 0 fully saturated rings. The van der Waals surface area contributed by atoms with E-state index in [-0.39, 0.29) is 12.8 Å². The van der Waals surface area contributed by atoms with Crippen molar-refractivity contribution >= 4 is 24.2 Å². The first kappa shape index (κ1) is 18.8. The van der Waals surface area contributed by atoms with E-state index in [0.717, 1.165) is 16.7 Å². The number of benzene rings is 1. The van der Waals surface area contributed by atoms with Crippen LogP contribution in [0.4, 0.5) is 0 Å². The molecule has 0 aliphatic rings. The maximum Gasteiger partial charge on any atom is 0.320 e. The van der Waals surface area contributed by atoms with Crippen molar-refractivity contribution < 1.29 is 19.8 Å². The maximum atomic E-state index is 11.1. The Morgan fingerprint density at radius 2 is 1.72 bits per heavy atom. The Labute approximate surface area is 148 Å². The van der Waals surface area contributed by atoms with Crippen molar-refractivity contribution in [2.75, 3.05) is 0 Å². The van der Waals surface area contributed by atoms with Crippen molar-refractivity contribution in [3.63, 3.8) is 0 Å². The number of nitrogens with one attached hydrogen (secondary N) is 2. The van der Waals surface area contributed by atoms with E-state index < -0.39 is 24.0 Å². The van der Waals surface area contributed by atoms with Crippen LogP contribution < -0.4 is 11.5 Å². The second-order valence-electron chi connectivity index (χ2n) is 5.89. The van der Waals surface area contributed by atoms with Gasteiger partial charge in [-0.15, -0.1) is 0 Å². The largest absolute Gasteiger partial charge is 0.480 e. The third-order valence-corrected chi connectivity index (χ3v) is 4.04. The Balaban J connectivity index is 2.51. The summed E-state index contributed by atoms with van der Waals surface area (Å²) >= 11 is 5.13. The number of imidazole rings is 1. The van der Waals surface area contributed by atoms with Crippen LogP contribution in [0.1, 0.15) is 16.8 Å². The van der Waals surface area contributed by atoms with Crippen molar-refractivity contribution in [1.29, 1.82) is 0 Å². The summed E-state index contributed by atoms with van der Waals surface area (Å²) in [4.78, 5) is 28.0. The average Bonchev–Trinajstić information content (AvgIpc) is 2.89. The molecule has 0 aliphatic carbocycles. The number of aryl methyl sites for hydroxylation is 1. The SMILES string of the molecule is Cc1ccc(C[C@H](N)C(=O)O)c(-c2[nH]c(=S)[nH]c2C[C@H](N)C(=O)O)c1. The fraction of sp³-hybridized carbons (Fsp3) is 0.312. The first-order chi connectivity index (χ1) is 11.7. The van der Waals surface area contributed by atoms with Crippen LogP contribution in [0.2, 0.25) is 0 Å². The zero-order valence-corrected chi connectivity index (χ0v) is 14.4. The Morgan fingerprint density at radius 3 is 2.32 bits per heavy atom. The second-order valence-corrected chi connectivity index (χ2v) is 6.30. The molecule has 25 heavy (non-hydrogen) atoms. The molecular weight excluding hydrogens is 344 g/mol. The fourth-order valence-electron chi connectivity index (χ4n) is 2.54. The number of carboxylic acids is 2. The third-order valence-electron chi connectivity index (χ3n) is 3.84. The molecule has 0 amide bonds. The molecule has 0 radical (unpaired) electrons. The number of carbonyl (C=O) groups is 2. The zero-order chi connectivity index (χ0) is 18.7. The van der Waals surface area contributed by atoms with E-state index in [1.54, 1.807) is 6.07 Å². The van der Waals surface area contributed by atoms with Crippen LogP contribution in [0.25, 0.3) is 11.3 Å². The minimum absolute atomic E-state index is 0.0518. The lowest BCUT2D eigenvalue weighted by Gasteiger charge is -2.14. The van der Waals surface area contributed by atoms with Gasteiger partial charge in [0.2, 0.25) is 0 Å². The second kappa shape index (κ2) is 7.60. The van der Waals surface area contributed by atoms with Crippen molar-refractivity contribution in [1.82, 2.24) is 9.97 Å². The molecule has 9 heteroatoms. The van der Waals surface area contributed by atoms with Crippen molar-refractivity contribution in [3.05, 3.63) is 39.8 Å². The summed E-state index contributed by atoms with van der Waals surface area (Å²) in [5.41, 5.74) is 14.8. The van der Waals surface area contributed by atoms with Gasteiger partial charge in [-0.2, -0.15) is 0 Å². The predicted octanol–water partition coefficient (Wildman–Crippen LogP) is 0.957. The lowest BCUT2D eigenvalue weighted by atomic mass is 9.94. The normalized spacial score (nSPS) is 13.4. The summed E-state index contributed by atoms with van der Waals surface area (Å²) in [6.07, 6.45) is 0.178. The topological polar surface area (TPSA) is 158 Å². The molecule has 0 spiro atoms. The molecular formula is C16H20N4O4S. The number of nitrogens with two attached hydrogens (primary N) is 2. The first-order valence-electron chi connectivity index (χ1n) is 7.57. The van der Waals surface area contributed by atoms with Gasteiger partial charge in [0.15, 0.2) is 4.77 Å². The fourth-order valence-corrected chi connectivity index (χ4v) is 2.76. The molecule has 8 nitrogen and oxygen atoms in total. The summed E-state index contributed by atoms with van der Waals surface area (Å²) < 4.78 is 0.331. The van der Waals surface area contributed by atoms with E-state index in [1.807, 2.05) is 19.1 Å².